The van der Waals surface area contributed by atoms with Gasteiger partial charge >= 0.3 is 0 Å². The van der Waals surface area contributed by atoms with Crippen molar-refractivity contribution in [3.63, 3.8) is 0 Å². The van der Waals surface area contributed by atoms with Crippen LogP contribution in [-0.4, -0.2) is 43.7 Å². The van der Waals surface area contributed by atoms with Crippen LogP contribution < -0.4 is 5.32 Å². The number of likely N-dealkylation sites (tertiary alicyclic amines) is 1. The predicted molar refractivity (Wildman–Crippen MR) is 98.4 cm³/mol. The summed E-state index contributed by atoms with van der Waals surface area (Å²) in [6.45, 7) is 4.67. The van der Waals surface area contributed by atoms with Crippen LogP contribution in [0, 0.1) is 6.92 Å². The van der Waals surface area contributed by atoms with E-state index >= 15 is 0 Å². The summed E-state index contributed by atoms with van der Waals surface area (Å²) in [7, 11) is 7.20. The Balaban J connectivity index is 0.000000229. The van der Waals surface area contributed by atoms with E-state index in [1.807, 2.05) is 36.6 Å². The summed E-state index contributed by atoms with van der Waals surface area (Å²) < 4.78 is 0. The van der Waals surface area contributed by atoms with Crippen molar-refractivity contribution in [3.8, 4) is 11.3 Å². The second kappa shape index (κ2) is 8.84. The van der Waals surface area contributed by atoms with Crippen molar-refractivity contribution in [3.05, 3.63) is 35.2 Å². The number of aromatic nitrogens is 1. The second-order valence-electron chi connectivity index (χ2n) is 5.76. The predicted octanol–water partition coefficient (Wildman–Crippen LogP) is 3.92. The van der Waals surface area contributed by atoms with Gasteiger partial charge in [-0.3, -0.25) is 4.79 Å². The lowest BCUT2D eigenvalue weighted by molar-refractivity contribution is 0.269. The molecule has 1 fully saturated rings. The van der Waals surface area contributed by atoms with Gasteiger partial charge in [-0.15, -0.1) is 11.3 Å². The molecule has 1 aromatic carbocycles. The number of thiazole rings is 1. The van der Waals surface area contributed by atoms with E-state index in [-0.39, 0.29) is 0 Å². The maximum Gasteiger partial charge on any atom is 0.201 e. The highest BCUT2D eigenvalue weighted by molar-refractivity contribution is 7.14. The van der Waals surface area contributed by atoms with Crippen LogP contribution in [0.15, 0.2) is 29.6 Å². The van der Waals surface area contributed by atoms with Crippen LogP contribution >= 0.6 is 11.3 Å². The van der Waals surface area contributed by atoms with Crippen LogP contribution in [0.1, 0.15) is 24.8 Å². The van der Waals surface area contributed by atoms with Crippen LogP contribution in [0.2, 0.25) is 0 Å². The molecule has 0 bridgehead atoms. The minimum atomic E-state index is -0.593. The van der Waals surface area contributed by atoms with Gasteiger partial charge in [-0.1, -0.05) is 36.2 Å². The fraction of sp³-hybridized carbons (Fsp3) is 0.412. The summed E-state index contributed by atoms with van der Waals surface area (Å²) >= 11 is 1.35. The van der Waals surface area contributed by atoms with Gasteiger partial charge in [0.15, 0.2) is 10.9 Å². The molecule has 120 valence electrons. The number of hydrogen-bond acceptors (Lipinski definition) is 4. The molecular weight excluding hydrogens is 305 g/mol. The molecule has 3 rings (SSSR count). The molecule has 23 heavy (non-hydrogen) atoms. The minimum Gasteiger partial charge on any atom is -0.312 e. The van der Waals surface area contributed by atoms with Gasteiger partial charge in [0.25, 0.3) is 0 Å². The summed E-state index contributed by atoms with van der Waals surface area (Å²) in [6, 6.07) is 8.04. The number of anilines is 1. The van der Waals surface area contributed by atoms with Crippen molar-refractivity contribution in [2.45, 2.75) is 26.2 Å². The molecule has 0 unspecified atom stereocenters. The molecule has 2 heterocycles. The zero-order valence-corrected chi connectivity index (χ0v) is 14.5. The van der Waals surface area contributed by atoms with Crippen LogP contribution in [-0.2, 0) is 0 Å². The highest BCUT2D eigenvalue weighted by atomic mass is 32.1. The largest absolute Gasteiger partial charge is 0.312 e. The Bertz CT molecular complexity index is 621. The molecule has 4 nitrogen and oxygen atoms in total. The summed E-state index contributed by atoms with van der Waals surface area (Å²) in [4.78, 5) is 17.3. The summed E-state index contributed by atoms with van der Waals surface area (Å²) in [5.41, 5.74) is 3.07. The van der Waals surface area contributed by atoms with E-state index in [1.54, 1.807) is 0 Å². The molecule has 1 amide bonds. The smallest absolute Gasteiger partial charge is 0.201 e. The van der Waals surface area contributed by atoms with Crippen LogP contribution in [0.4, 0.5) is 9.93 Å². The molecule has 0 atom stereocenters. The van der Waals surface area contributed by atoms with Gasteiger partial charge in [-0.2, -0.15) is 0 Å². The summed E-state index contributed by atoms with van der Waals surface area (Å²) in [5, 5.41) is 4.85. The van der Waals surface area contributed by atoms with E-state index in [4.69, 9.17) is 7.85 Å². The van der Waals surface area contributed by atoms with Crippen LogP contribution in [0.25, 0.3) is 11.3 Å². The molecule has 2 aromatic rings. The SMILES string of the molecule is CN1CCCCC1.[B]C(=O)Nc1nc(-c2ccc(C)cc2)cs1. The minimum absolute atomic E-state index is 0.517. The summed E-state index contributed by atoms with van der Waals surface area (Å²) in [5.74, 6) is -0.593. The number of rotatable bonds is 2. The Morgan fingerprint density at radius 3 is 2.39 bits per heavy atom. The molecule has 1 saturated heterocycles. The second-order valence-corrected chi connectivity index (χ2v) is 6.62. The Hall–Kier alpha value is -1.66. The topological polar surface area (TPSA) is 45.2 Å². The van der Waals surface area contributed by atoms with Gasteiger partial charge in [0.1, 0.15) is 0 Å². The first-order valence-electron chi connectivity index (χ1n) is 7.82. The van der Waals surface area contributed by atoms with E-state index in [0.29, 0.717) is 5.13 Å². The van der Waals surface area contributed by atoms with Crippen molar-refractivity contribution < 1.29 is 4.79 Å². The first-order valence-corrected chi connectivity index (χ1v) is 8.70. The third-order valence-corrected chi connectivity index (χ3v) is 4.42. The number of benzene rings is 1. The average Bonchev–Trinajstić information content (AvgIpc) is 2.97. The molecule has 1 N–H and O–H groups in total. The zero-order chi connectivity index (χ0) is 16.7. The third-order valence-electron chi connectivity index (χ3n) is 3.66. The van der Waals surface area contributed by atoms with Crippen LogP contribution in [0.3, 0.4) is 0 Å². The lowest BCUT2D eigenvalue weighted by atomic mass is 10.1. The highest BCUT2D eigenvalue weighted by Crippen LogP contribution is 2.24. The number of nitrogens with zero attached hydrogens (tertiary/aromatic N) is 2. The first-order chi connectivity index (χ1) is 11.0. The molecule has 0 spiro atoms. The zero-order valence-electron chi connectivity index (χ0n) is 13.7. The van der Waals surface area contributed by atoms with Gasteiger partial charge in [-0.25, -0.2) is 4.98 Å². The number of hydrogen-bond donors (Lipinski definition) is 1. The molecule has 0 aliphatic carbocycles. The number of nitrogens with one attached hydrogen (secondary N) is 1. The average molecular weight is 327 g/mol. The number of piperidine rings is 1. The normalized spacial score (nSPS) is 14.7. The van der Waals surface area contributed by atoms with Gasteiger partial charge in [0.2, 0.25) is 7.85 Å². The van der Waals surface area contributed by atoms with Gasteiger partial charge in [-0.05, 0) is 39.9 Å². The third kappa shape index (κ3) is 6.16. The monoisotopic (exact) mass is 327 g/mol. The molecule has 0 saturated carbocycles. The number of amides is 1. The molecule has 1 aromatic heterocycles. The fourth-order valence-corrected chi connectivity index (χ4v) is 3.07. The lowest BCUT2D eigenvalue weighted by Crippen LogP contribution is -2.24. The first kappa shape index (κ1) is 17.7. The molecule has 6 heteroatoms. The lowest BCUT2D eigenvalue weighted by Gasteiger charge is -2.20. The summed E-state index contributed by atoms with van der Waals surface area (Å²) in [6.07, 6.45) is 4.28. The van der Waals surface area contributed by atoms with Crippen molar-refractivity contribution in [2.24, 2.45) is 0 Å². The van der Waals surface area contributed by atoms with E-state index in [0.717, 1.165) is 11.3 Å². The van der Waals surface area contributed by atoms with Crippen molar-refractivity contribution in [1.82, 2.24) is 9.88 Å². The van der Waals surface area contributed by atoms with Crippen LogP contribution in [0.5, 0.6) is 0 Å². The van der Waals surface area contributed by atoms with Gasteiger partial charge in [0, 0.05) is 10.9 Å². The van der Waals surface area contributed by atoms with Crippen molar-refractivity contribution in [2.75, 3.05) is 25.5 Å². The Morgan fingerprint density at radius 1 is 1.22 bits per heavy atom. The number of carbonyl (C=O) groups is 1. The van der Waals surface area contributed by atoms with Crippen molar-refractivity contribution in [1.29, 1.82) is 0 Å². The van der Waals surface area contributed by atoms with E-state index < -0.39 is 5.81 Å². The molecule has 1 aliphatic rings. The molecule has 2 radical (unpaired) electrons. The van der Waals surface area contributed by atoms with E-state index in [9.17, 15) is 4.79 Å². The quantitative estimate of drug-likeness (QED) is 0.850. The molecule has 1 aliphatic heterocycles. The molecular formula is C17H22BN3OS. The maximum atomic E-state index is 10.6. The number of carbonyl (C=O) groups excluding carboxylic acids is 1. The Kier molecular flexibility index (Phi) is 6.80. The Labute approximate surface area is 143 Å². The van der Waals surface area contributed by atoms with Crippen molar-refractivity contribution >= 4 is 30.1 Å². The number of aryl methyl sites for hydroxylation is 1. The maximum absolute atomic E-state index is 10.6. The fourth-order valence-electron chi connectivity index (χ4n) is 2.35. The van der Waals surface area contributed by atoms with E-state index in [1.165, 1.54) is 49.3 Å². The standard InChI is InChI=1S/C11H9BN2OS.C6H13N/c1-7-2-4-8(5-3-7)9-6-16-11(13-9)14-10(12)15;1-7-5-3-2-4-6-7/h2-6H,1H3,(H,13,14,15);2-6H2,1H3. The van der Waals surface area contributed by atoms with Gasteiger partial charge < -0.3 is 10.2 Å². The van der Waals surface area contributed by atoms with E-state index in [2.05, 4.69) is 22.2 Å². The Morgan fingerprint density at radius 2 is 1.87 bits per heavy atom. The highest BCUT2D eigenvalue weighted by Gasteiger charge is 2.05. The van der Waals surface area contributed by atoms with Gasteiger partial charge in [0.05, 0.1) is 5.69 Å².